The number of H-pyrrole nitrogens is 1. The average Bonchev–Trinajstić information content (AvgIpc) is 2.99. The van der Waals surface area contributed by atoms with Gasteiger partial charge in [0.2, 0.25) is 11.8 Å². The Morgan fingerprint density at radius 3 is 2.78 bits per heavy atom. The summed E-state index contributed by atoms with van der Waals surface area (Å²) in [5.74, 6) is -0.222. The van der Waals surface area contributed by atoms with Crippen LogP contribution in [0.5, 0.6) is 0 Å². The van der Waals surface area contributed by atoms with Crippen LogP contribution in [0.15, 0.2) is 24.3 Å². The number of aromatic nitrogens is 2. The maximum Gasteiger partial charge on any atom is 0.246 e. The molecule has 140 valence electrons. The number of para-hydroxylation sites is 1. The fourth-order valence-corrected chi connectivity index (χ4v) is 3.37. The number of nitrogens with zero attached hydrogens (tertiary/aromatic N) is 4. The fourth-order valence-electron chi connectivity index (χ4n) is 3.37. The number of nitriles is 1. The molecule has 1 fully saturated rings. The van der Waals surface area contributed by atoms with E-state index in [0.29, 0.717) is 30.6 Å². The minimum absolute atomic E-state index is 0.0261. The normalized spacial score (nSPS) is 17.1. The minimum atomic E-state index is -0.170. The van der Waals surface area contributed by atoms with Crippen LogP contribution in [0.4, 0.5) is 5.69 Å². The summed E-state index contributed by atoms with van der Waals surface area (Å²) in [6, 6.07) is 9.04. The van der Waals surface area contributed by atoms with Crippen LogP contribution in [0.25, 0.3) is 0 Å². The molecule has 1 aromatic carbocycles. The second kappa shape index (κ2) is 7.62. The van der Waals surface area contributed by atoms with Gasteiger partial charge in [-0.2, -0.15) is 10.4 Å². The molecule has 0 aliphatic carbocycles. The lowest BCUT2D eigenvalue weighted by molar-refractivity contribution is -0.139. The van der Waals surface area contributed by atoms with E-state index < -0.39 is 0 Å². The molecule has 0 bridgehead atoms. The van der Waals surface area contributed by atoms with Gasteiger partial charge in [-0.25, -0.2) is 0 Å². The van der Waals surface area contributed by atoms with Crippen LogP contribution in [0.3, 0.4) is 0 Å². The molecule has 1 atom stereocenters. The van der Waals surface area contributed by atoms with Gasteiger partial charge in [-0.1, -0.05) is 12.1 Å². The number of benzene rings is 1. The first-order valence-electron chi connectivity index (χ1n) is 9.01. The molecule has 7 nitrogen and oxygen atoms in total. The molecule has 27 heavy (non-hydrogen) atoms. The second-order valence-corrected chi connectivity index (χ2v) is 6.92. The number of hydrogen-bond donors (Lipinski definition) is 1. The molecule has 2 heterocycles. The number of amides is 2. The van der Waals surface area contributed by atoms with Crippen molar-refractivity contribution in [2.75, 3.05) is 18.0 Å². The van der Waals surface area contributed by atoms with E-state index in [1.807, 2.05) is 20.8 Å². The summed E-state index contributed by atoms with van der Waals surface area (Å²) in [6.45, 7) is 6.27. The van der Waals surface area contributed by atoms with Crippen molar-refractivity contribution >= 4 is 17.5 Å². The quantitative estimate of drug-likeness (QED) is 0.898. The number of carbonyl (C=O) groups excluding carboxylic acids is 2. The topological polar surface area (TPSA) is 93.1 Å². The van der Waals surface area contributed by atoms with Crippen LogP contribution in [-0.4, -0.2) is 46.0 Å². The predicted octanol–water partition coefficient (Wildman–Crippen LogP) is 2.09. The van der Waals surface area contributed by atoms with Gasteiger partial charge in [0.1, 0.15) is 12.6 Å². The summed E-state index contributed by atoms with van der Waals surface area (Å²) >= 11 is 0. The first-order chi connectivity index (χ1) is 12.9. The molecule has 2 aromatic rings. The average molecular weight is 365 g/mol. The zero-order valence-electron chi connectivity index (χ0n) is 15.8. The molecule has 1 aliphatic heterocycles. The monoisotopic (exact) mass is 365 g/mol. The summed E-state index contributed by atoms with van der Waals surface area (Å²) in [5.41, 5.74) is 4.03. The molecule has 1 N–H and O–H groups in total. The van der Waals surface area contributed by atoms with Crippen LogP contribution in [-0.2, 0) is 16.0 Å². The number of anilines is 1. The Morgan fingerprint density at radius 1 is 1.37 bits per heavy atom. The van der Waals surface area contributed by atoms with E-state index in [4.69, 9.17) is 0 Å². The number of aryl methyl sites for hydroxylation is 2. The van der Waals surface area contributed by atoms with Gasteiger partial charge in [-0.05, 0) is 38.5 Å². The van der Waals surface area contributed by atoms with E-state index in [0.717, 1.165) is 17.0 Å². The van der Waals surface area contributed by atoms with Crippen LogP contribution < -0.4 is 4.90 Å². The zero-order chi connectivity index (χ0) is 19.6. The van der Waals surface area contributed by atoms with Gasteiger partial charge in [0, 0.05) is 31.1 Å². The van der Waals surface area contributed by atoms with Crippen molar-refractivity contribution in [3.8, 4) is 6.07 Å². The molecule has 2 amide bonds. The molecule has 7 heteroatoms. The van der Waals surface area contributed by atoms with E-state index in [2.05, 4.69) is 16.3 Å². The van der Waals surface area contributed by atoms with Gasteiger partial charge in [0.05, 0.1) is 16.9 Å². The Morgan fingerprint density at radius 2 is 2.11 bits per heavy atom. The Labute approximate surface area is 158 Å². The zero-order valence-corrected chi connectivity index (χ0v) is 15.8. The van der Waals surface area contributed by atoms with Crippen molar-refractivity contribution in [1.29, 1.82) is 5.26 Å². The molecular formula is C20H23N5O2. The van der Waals surface area contributed by atoms with Crippen molar-refractivity contribution in [1.82, 2.24) is 15.1 Å². The lowest BCUT2D eigenvalue weighted by atomic mass is 10.1. The predicted molar refractivity (Wildman–Crippen MR) is 101 cm³/mol. The van der Waals surface area contributed by atoms with Crippen LogP contribution >= 0.6 is 0 Å². The Balaban J connectivity index is 1.68. The highest BCUT2D eigenvalue weighted by Crippen LogP contribution is 2.24. The Kier molecular flexibility index (Phi) is 5.26. The maximum atomic E-state index is 12.7. The summed E-state index contributed by atoms with van der Waals surface area (Å²) in [6.07, 6.45) is 0.866. The largest absolute Gasteiger partial charge is 0.329 e. The van der Waals surface area contributed by atoms with E-state index in [1.54, 1.807) is 34.1 Å². The summed E-state index contributed by atoms with van der Waals surface area (Å²) in [5, 5.41) is 16.4. The summed E-state index contributed by atoms with van der Waals surface area (Å²) < 4.78 is 0. The van der Waals surface area contributed by atoms with Crippen molar-refractivity contribution in [3.63, 3.8) is 0 Å². The highest BCUT2D eigenvalue weighted by atomic mass is 16.2. The number of aromatic amines is 1. The van der Waals surface area contributed by atoms with Crippen LogP contribution in [0.2, 0.25) is 0 Å². The number of carbonyl (C=O) groups is 2. The van der Waals surface area contributed by atoms with Gasteiger partial charge in [-0.3, -0.25) is 14.7 Å². The third kappa shape index (κ3) is 3.70. The van der Waals surface area contributed by atoms with Gasteiger partial charge in [-0.15, -0.1) is 0 Å². The van der Waals surface area contributed by atoms with Gasteiger partial charge in [0.25, 0.3) is 0 Å². The van der Waals surface area contributed by atoms with Gasteiger partial charge >= 0.3 is 0 Å². The minimum Gasteiger partial charge on any atom is -0.329 e. The first kappa shape index (κ1) is 18.6. The summed E-state index contributed by atoms with van der Waals surface area (Å²) in [4.78, 5) is 28.6. The number of piperazine rings is 1. The maximum absolute atomic E-state index is 12.7. The lowest BCUT2D eigenvalue weighted by Gasteiger charge is -2.39. The highest BCUT2D eigenvalue weighted by molar-refractivity contribution is 5.99. The van der Waals surface area contributed by atoms with Crippen molar-refractivity contribution in [2.24, 2.45) is 0 Å². The molecule has 1 saturated heterocycles. The van der Waals surface area contributed by atoms with Gasteiger partial charge < -0.3 is 9.80 Å². The summed E-state index contributed by atoms with van der Waals surface area (Å²) in [7, 11) is 0. The lowest BCUT2D eigenvalue weighted by Crippen LogP contribution is -2.57. The Hall–Kier alpha value is -3.14. The molecule has 3 rings (SSSR count). The fraction of sp³-hybridized carbons (Fsp3) is 0.400. The van der Waals surface area contributed by atoms with E-state index in [-0.39, 0.29) is 24.4 Å². The standard InChI is InChI=1S/C20H23N5O2/c1-13-11-25(18-7-5-4-6-16(18)10-21)20(27)12-24(13)19(26)9-8-17-14(2)15(3)22-23-17/h4-7,13H,8-9,11-12H2,1-3H3,(H,22,23). The molecule has 1 aromatic heterocycles. The van der Waals surface area contributed by atoms with E-state index >= 15 is 0 Å². The molecule has 0 radical (unpaired) electrons. The van der Waals surface area contributed by atoms with Crippen LogP contribution in [0.1, 0.15) is 35.9 Å². The Bertz CT molecular complexity index is 911. The molecule has 0 saturated carbocycles. The number of nitrogens with one attached hydrogen (secondary N) is 1. The highest BCUT2D eigenvalue weighted by Gasteiger charge is 2.33. The van der Waals surface area contributed by atoms with Gasteiger partial charge in [0.15, 0.2) is 0 Å². The second-order valence-electron chi connectivity index (χ2n) is 6.92. The van der Waals surface area contributed by atoms with Crippen molar-refractivity contribution in [2.45, 2.75) is 39.7 Å². The molecule has 1 unspecified atom stereocenters. The van der Waals surface area contributed by atoms with E-state index in [1.165, 1.54) is 0 Å². The van der Waals surface area contributed by atoms with Crippen LogP contribution in [0, 0.1) is 25.2 Å². The smallest absolute Gasteiger partial charge is 0.246 e. The molecular weight excluding hydrogens is 342 g/mol. The molecule has 0 spiro atoms. The third-order valence-corrected chi connectivity index (χ3v) is 5.15. The number of rotatable bonds is 4. The SMILES string of the molecule is Cc1[nH]nc(CCC(=O)N2CC(=O)N(c3ccccc3C#N)CC2C)c1C. The van der Waals surface area contributed by atoms with E-state index in [9.17, 15) is 14.9 Å². The van der Waals surface area contributed by atoms with Crippen molar-refractivity contribution in [3.05, 3.63) is 46.8 Å². The number of hydrogen-bond acceptors (Lipinski definition) is 4. The van der Waals surface area contributed by atoms with Crippen molar-refractivity contribution < 1.29 is 9.59 Å². The first-order valence-corrected chi connectivity index (χ1v) is 9.01. The third-order valence-electron chi connectivity index (χ3n) is 5.15. The molecule has 1 aliphatic rings.